The molecular weight excluding hydrogens is 406 g/mol. The highest BCUT2D eigenvalue weighted by Crippen LogP contribution is 2.32. The number of methoxy groups -OCH3 is 1. The van der Waals surface area contributed by atoms with Crippen molar-refractivity contribution in [2.75, 3.05) is 45.2 Å². The number of ether oxygens (including phenoxy) is 1. The second-order valence-corrected chi connectivity index (χ2v) is 9.29. The Balaban J connectivity index is 1.40. The Labute approximate surface area is 189 Å². The number of hydrazone groups is 1. The predicted octanol–water partition coefficient (Wildman–Crippen LogP) is 1.48. The van der Waals surface area contributed by atoms with Gasteiger partial charge < -0.3 is 19.9 Å². The first-order valence-electron chi connectivity index (χ1n) is 11.8. The molecule has 2 atom stereocenters. The fourth-order valence-electron chi connectivity index (χ4n) is 5.24. The second-order valence-electron chi connectivity index (χ2n) is 9.29. The van der Waals surface area contributed by atoms with Crippen LogP contribution in [-0.4, -0.2) is 90.8 Å². The van der Waals surface area contributed by atoms with Crippen molar-refractivity contribution in [1.82, 2.24) is 20.2 Å². The van der Waals surface area contributed by atoms with Crippen LogP contribution in [0.1, 0.15) is 44.6 Å². The number of piperazine rings is 1. The molecule has 2 fully saturated rings. The van der Waals surface area contributed by atoms with Gasteiger partial charge in [0.15, 0.2) is 6.04 Å². The first-order valence-corrected chi connectivity index (χ1v) is 11.8. The Kier molecular flexibility index (Phi) is 5.75. The van der Waals surface area contributed by atoms with Gasteiger partial charge in [0.05, 0.1) is 18.4 Å². The van der Waals surface area contributed by atoms with Gasteiger partial charge in [-0.1, -0.05) is 19.3 Å². The minimum absolute atomic E-state index is 0.0450. The summed E-state index contributed by atoms with van der Waals surface area (Å²) in [5, 5.41) is 9.84. The average Bonchev–Trinajstić information content (AvgIpc) is 3.16. The van der Waals surface area contributed by atoms with Crippen LogP contribution in [0.25, 0.3) is 0 Å². The second kappa shape index (κ2) is 8.69. The first-order chi connectivity index (χ1) is 15.5. The van der Waals surface area contributed by atoms with Gasteiger partial charge in [0, 0.05) is 32.2 Å². The largest absolute Gasteiger partial charge is 0.480 e. The van der Waals surface area contributed by atoms with E-state index in [-0.39, 0.29) is 18.0 Å². The summed E-state index contributed by atoms with van der Waals surface area (Å²) in [5.74, 6) is 1.85. The van der Waals surface area contributed by atoms with Crippen molar-refractivity contribution in [3.05, 3.63) is 17.7 Å². The summed E-state index contributed by atoms with van der Waals surface area (Å²) >= 11 is 0. The highest BCUT2D eigenvalue weighted by atomic mass is 16.5. The van der Waals surface area contributed by atoms with Crippen molar-refractivity contribution in [3.8, 4) is 5.88 Å². The summed E-state index contributed by atoms with van der Waals surface area (Å²) < 4.78 is 5.62. The van der Waals surface area contributed by atoms with Crippen molar-refractivity contribution in [1.29, 1.82) is 0 Å². The molecule has 1 N–H and O–H groups in total. The van der Waals surface area contributed by atoms with Gasteiger partial charge in [-0.05, 0) is 38.9 Å². The molecule has 32 heavy (non-hydrogen) atoms. The third kappa shape index (κ3) is 3.83. The van der Waals surface area contributed by atoms with E-state index in [1.807, 2.05) is 24.1 Å². The van der Waals surface area contributed by atoms with E-state index in [9.17, 15) is 4.79 Å². The molecule has 1 aromatic rings. The van der Waals surface area contributed by atoms with E-state index in [1.54, 1.807) is 7.11 Å². The number of aromatic nitrogens is 1. The number of amides is 1. The molecule has 1 saturated carbocycles. The summed E-state index contributed by atoms with van der Waals surface area (Å²) in [5.41, 5.74) is 1.61. The summed E-state index contributed by atoms with van der Waals surface area (Å²) in [4.78, 5) is 27.5. The number of fused-ring (bicyclic) bond motifs is 1. The molecule has 5 rings (SSSR count). The number of nitrogens with zero attached hydrogens (tertiary/aromatic N) is 6. The van der Waals surface area contributed by atoms with E-state index in [0.29, 0.717) is 23.3 Å². The van der Waals surface area contributed by atoms with Crippen LogP contribution in [0.3, 0.4) is 0 Å². The number of pyridine rings is 1. The van der Waals surface area contributed by atoms with Crippen molar-refractivity contribution in [3.63, 3.8) is 0 Å². The molecule has 1 aromatic heterocycles. The molecular formula is C23H33N7O2. The van der Waals surface area contributed by atoms with Gasteiger partial charge in [0.25, 0.3) is 5.91 Å². The monoisotopic (exact) mass is 439 g/mol. The number of hydrogen-bond acceptors (Lipinski definition) is 8. The van der Waals surface area contributed by atoms with Crippen LogP contribution in [0.15, 0.2) is 22.2 Å². The van der Waals surface area contributed by atoms with Crippen molar-refractivity contribution < 1.29 is 9.53 Å². The summed E-state index contributed by atoms with van der Waals surface area (Å²) in [7, 11) is 3.75. The minimum Gasteiger partial charge on any atom is -0.480 e. The number of likely N-dealkylation sites (N-methyl/N-ethyl adjacent to an activating group) is 1. The Bertz CT molecular complexity index is 932. The molecule has 0 radical (unpaired) electrons. The Hall–Kier alpha value is -2.68. The van der Waals surface area contributed by atoms with Gasteiger partial charge in [-0.15, -0.1) is 0 Å². The van der Waals surface area contributed by atoms with Crippen LogP contribution >= 0.6 is 0 Å². The summed E-state index contributed by atoms with van der Waals surface area (Å²) in [6, 6.07) is 3.66. The molecule has 0 bridgehead atoms. The van der Waals surface area contributed by atoms with Crippen molar-refractivity contribution in [2.24, 2.45) is 10.1 Å². The lowest BCUT2D eigenvalue weighted by molar-refractivity contribution is -0.126. The third-order valence-electron chi connectivity index (χ3n) is 7.13. The molecule has 2 unspecified atom stereocenters. The van der Waals surface area contributed by atoms with Crippen LogP contribution in [0.2, 0.25) is 0 Å². The van der Waals surface area contributed by atoms with E-state index in [4.69, 9.17) is 19.8 Å². The van der Waals surface area contributed by atoms with E-state index < -0.39 is 0 Å². The summed E-state index contributed by atoms with van der Waals surface area (Å²) in [6.07, 6.45) is 5.86. The molecule has 1 aliphatic carbocycles. The number of carbonyl (C=O) groups excluding carboxylic acids is 1. The lowest BCUT2D eigenvalue weighted by atomic mass is 9.93. The van der Waals surface area contributed by atoms with E-state index >= 15 is 0 Å². The minimum atomic E-state index is -0.356. The molecule has 0 spiro atoms. The molecule has 9 nitrogen and oxygen atoms in total. The average molecular weight is 440 g/mol. The van der Waals surface area contributed by atoms with Gasteiger partial charge in [-0.3, -0.25) is 14.8 Å². The zero-order valence-corrected chi connectivity index (χ0v) is 19.3. The molecule has 1 amide bonds. The van der Waals surface area contributed by atoms with Gasteiger partial charge in [0.1, 0.15) is 17.7 Å². The van der Waals surface area contributed by atoms with Crippen molar-refractivity contribution in [2.45, 2.75) is 57.2 Å². The standard InChI is InChI=1S/C23H33N7O2/c1-15-19-20(30(27-15)16-7-5-4-6-8-16)22(31)26-21(25-19)17-9-10-18(24-23(17)32-3)29-13-11-28(2)12-14-29/h9-10,16,19-20H,4-8,11-14H2,1-3H3,(H,25,26,31). The smallest absolute Gasteiger partial charge is 0.252 e. The SMILES string of the molecule is COc1nc(N2CCN(C)CC2)ccc1C1=NC2C(C)=NN(C3CCCCC3)C2C(=O)N1. The molecule has 4 aliphatic rings. The quantitative estimate of drug-likeness (QED) is 0.765. The van der Waals surface area contributed by atoms with Gasteiger partial charge >= 0.3 is 0 Å². The Morgan fingerprint density at radius 2 is 1.84 bits per heavy atom. The number of amidine groups is 1. The number of anilines is 1. The van der Waals surface area contributed by atoms with E-state index in [1.165, 1.54) is 19.3 Å². The number of carbonyl (C=O) groups is 1. The fraction of sp³-hybridized carbons (Fsp3) is 0.652. The molecule has 9 heteroatoms. The molecule has 4 heterocycles. The number of rotatable bonds is 4. The third-order valence-corrected chi connectivity index (χ3v) is 7.13. The maximum absolute atomic E-state index is 13.2. The van der Waals surface area contributed by atoms with Gasteiger partial charge in [-0.2, -0.15) is 10.1 Å². The van der Waals surface area contributed by atoms with Crippen LogP contribution in [0, 0.1) is 0 Å². The molecule has 172 valence electrons. The lowest BCUT2D eigenvalue weighted by Gasteiger charge is -2.36. The normalized spacial score (nSPS) is 27.0. The zero-order chi connectivity index (χ0) is 22.2. The van der Waals surface area contributed by atoms with E-state index in [0.717, 1.165) is 50.6 Å². The predicted molar refractivity (Wildman–Crippen MR) is 125 cm³/mol. The Morgan fingerprint density at radius 3 is 2.56 bits per heavy atom. The van der Waals surface area contributed by atoms with Crippen LogP contribution in [-0.2, 0) is 4.79 Å². The van der Waals surface area contributed by atoms with Crippen LogP contribution in [0.4, 0.5) is 5.82 Å². The maximum Gasteiger partial charge on any atom is 0.252 e. The number of aliphatic imine (C=N–C) groups is 1. The Morgan fingerprint density at radius 1 is 1.09 bits per heavy atom. The maximum atomic E-state index is 13.2. The molecule has 1 saturated heterocycles. The first kappa shape index (κ1) is 21.2. The molecule has 3 aliphatic heterocycles. The number of hydrogen-bond donors (Lipinski definition) is 1. The topological polar surface area (TPSA) is 85.7 Å². The fourth-order valence-corrected chi connectivity index (χ4v) is 5.24. The highest BCUT2D eigenvalue weighted by molar-refractivity contribution is 6.15. The lowest BCUT2D eigenvalue weighted by Crippen LogP contribution is -2.56. The summed E-state index contributed by atoms with van der Waals surface area (Å²) in [6.45, 7) is 5.85. The van der Waals surface area contributed by atoms with Crippen molar-refractivity contribution >= 4 is 23.3 Å². The van der Waals surface area contributed by atoms with E-state index in [2.05, 4.69) is 22.2 Å². The molecule has 0 aromatic carbocycles. The van der Waals surface area contributed by atoms with Gasteiger partial charge in [-0.25, -0.2) is 0 Å². The van der Waals surface area contributed by atoms with Crippen LogP contribution < -0.4 is 15.0 Å². The zero-order valence-electron chi connectivity index (χ0n) is 19.3. The van der Waals surface area contributed by atoms with Crippen LogP contribution in [0.5, 0.6) is 5.88 Å². The highest BCUT2D eigenvalue weighted by Gasteiger charge is 2.46. The number of nitrogens with one attached hydrogen (secondary N) is 1. The van der Waals surface area contributed by atoms with Gasteiger partial charge in [0.2, 0.25) is 5.88 Å².